The quantitative estimate of drug-likeness (QED) is 0.713. The second-order valence-electron chi connectivity index (χ2n) is 5.78. The Kier molecular flexibility index (Phi) is 5.46. The number of halogens is 1. The van der Waals surface area contributed by atoms with Crippen LogP contribution in [0.3, 0.4) is 0 Å². The van der Waals surface area contributed by atoms with Gasteiger partial charge in [-0.3, -0.25) is 14.9 Å². The Morgan fingerprint density at radius 2 is 2.00 bits per heavy atom. The first-order valence-corrected chi connectivity index (χ1v) is 8.47. The van der Waals surface area contributed by atoms with Crippen LogP contribution in [0.4, 0.5) is 0 Å². The van der Waals surface area contributed by atoms with Crippen LogP contribution in [0.25, 0.3) is 11.3 Å². The number of aromatic nitrogens is 3. The number of nitrogens with one attached hydrogen (secondary N) is 2. The van der Waals surface area contributed by atoms with E-state index in [1.165, 1.54) is 0 Å². The van der Waals surface area contributed by atoms with Crippen molar-refractivity contribution in [2.75, 3.05) is 6.54 Å². The monoisotopic (exact) mass is 354 g/mol. The summed E-state index contributed by atoms with van der Waals surface area (Å²) in [5, 5.41) is 10.9. The Hall–Kier alpha value is -2.66. The molecule has 1 aromatic carbocycles. The minimum absolute atomic E-state index is 0.0318. The first kappa shape index (κ1) is 17.2. The average Bonchev–Trinajstić information content (AvgIpc) is 2.97. The van der Waals surface area contributed by atoms with Crippen molar-refractivity contribution in [1.29, 1.82) is 0 Å². The molecule has 3 rings (SSSR count). The van der Waals surface area contributed by atoms with Gasteiger partial charge in [0.2, 0.25) is 5.91 Å². The van der Waals surface area contributed by atoms with E-state index in [2.05, 4.69) is 20.5 Å². The zero-order valence-corrected chi connectivity index (χ0v) is 14.7. The van der Waals surface area contributed by atoms with Crippen molar-refractivity contribution in [2.45, 2.75) is 19.8 Å². The summed E-state index contributed by atoms with van der Waals surface area (Å²) in [5.74, 6) is -0.0318. The van der Waals surface area contributed by atoms with Gasteiger partial charge in [-0.05, 0) is 31.2 Å². The Bertz CT molecular complexity index is 844. The molecular weight excluding hydrogens is 336 g/mol. The number of pyridine rings is 1. The highest BCUT2D eigenvalue weighted by molar-refractivity contribution is 6.30. The highest BCUT2D eigenvalue weighted by atomic mass is 35.5. The molecule has 0 aliphatic rings. The number of H-pyrrole nitrogens is 1. The second kappa shape index (κ2) is 7.94. The van der Waals surface area contributed by atoms with Crippen LogP contribution < -0.4 is 5.32 Å². The van der Waals surface area contributed by atoms with E-state index < -0.39 is 0 Å². The van der Waals surface area contributed by atoms with Gasteiger partial charge in [0.05, 0.1) is 12.1 Å². The van der Waals surface area contributed by atoms with Crippen LogP contribution in [0.1, 0.15) is 17.0 Å². The number of aromatic amines is 1. The van der Waals surface area contributed by atoms with Crippen LogP contribution in [0, 0.1) is 6.92 Å². The summed E-state index contributed by atoms with van der Waals surface area (Å²) in [6.07, 6.45) is 2.74. The smallest absolute Gasteiger partial charge is 0.224 e. The number of aryl methyl sites for hydroxylation is 1. The molecule has 3 aromatic rings. The highest BCUT2D eigenvalue weighted by Crippen LogP contribution is 2.25. The number of hydrogen-bond donors (Lipinski definition) is 2. The molecule has 0 aliphatic heterocycles. The Labute approximate surface area is 151 Å². The van der Waals surface area contributed by atoms with Gasteiger partial charge < -0.3 is 5.32 Å². The standard InChI is InChI=1S/C19H19ClN4O/c1-13-17(19(24-23-13)14-5-7-15(20)8-6-14)12-18(25)22-11-9-16-4-2-3-10-21-16/h2-8,10H,9,11-12H2,1H3,(H,22,25)(H,23,24). The molecule has 6 heteroatoms. The number of amides is 1. The van der Waals surface area contributed by atoms with Crippen LogP contribution in [-0.4, -0.2) is 27.6 Å². The third-order valence-corrected chi connectivity index (χ3v) is 4.21. The summed E-state index contributed by atoms with van der Waals surface area (Å²) in [7, 11) is 0. The third-order valence-electron chi connectivity index (χ3n) is 3.96. The maximum absolute atomic E-state index is 12.3. The number of carbonyl (C=O) groups is 1. The van der Waals surface area contributed by atoms with E-state index in [1.54, 1.807) is 6.20 Å². The lowest BCUT2D eigenvalue weighted by molar-refractivity contribution is -0.120. The third kappa shape index (κ3) is 4.45. The zero-order valence-electron chi connectivity index (χ0n) is 13.9. The molecule has 2 heterocycles. The number of rotatable bonds is 6. The topological polar surface area (TPSA) is 70.7 Å². The normalized spacial score (nSPS) is 10.6. The predicted octanol–water partition coefficient (Wildman–Crippen LogP) is 3.33. The van der Waals surface area contributed by atoms with E-state index in [0.717, 1.165) is 28.2 Å². The van der Waals surface area contributed by atoms with E-state index in [1.807, 2.05) is 49.4 Å². The average molecular weight is 355 g/mol. The molecule has 0 bridgehead atoms. The fraction of sp³-hybridized carbons (Fsp3) is 0.211. The number of benzene rings is 1. The van der Waals surface area contributed by atoms with Crippen molar-refractivity contribution in [2.24, 2.45) is 0 Å². The SMILES string of the molecule is Cc1[nH]nc(-c2ccc(Cl)cc2)c1CC(=O)NCCc1ccccn1. The van der Waals surface area contributed by atoms with Gasteiger partial charge in [-0.25, -0.2) is 0 Å². The lowest BCUT2D eigenvalue weighted by atomic mass is 10.0. The molecule has 25 heavy (non-hydrogen) atoms. The maximum Gasteiger partial charge on any atom is 0.224 e. The van der Waals surface area contributed by atoms with Gasteiger partial charge in [0, 0.05) is 46.7 Å². The molecule has 0 aliphatic carbocycles. The fourth-order valence-electron chi connectivity index (χ4n) is 2.61. The molecular formula is C19H19ClN4O. The zero-order chi connectivity index (χ0) is 17.6. The van der Waals surface area contributed by atoms with Crippen molar-refractivity contribution in [3.63, 3.8) is 0 Å². The van der Waals surface area contributed by atoms with E-state index in [9.17, 15) is 4.79 Å². The molecule has 0 unspecified atom stereocenters. The summed E-state index contributed by atoms with van der Waals surface area (Å²) < 4.78 is 0. The molecule has 1 amide bonds. The highest BCUT2D eigenvalue weighted by Gasteiger charge is 2.15. The van der Waals surface area contributed by atoms with Crippen molar-refractivity contribution in [1.82, 2.24) is 20.5 Å². The molecule has 0 saturated carbocycles. The van der Waals surface area contributed by atoms with Gasteiger partial charge in [-0.15, -0.1) is 0 Å². The minimum Gasteiger partial charge on any atom is -0.355 e. The largest absolute Gasteiger partial charge is 0.355 e. The number of hydrogen-bond acceptors (Lipinski definition) is 3. The van der Waals surface area contributed by atoms with Crippen molar-refractivity contribution >= 4 is 17.5 Å². The second-order valence-corrected chi connectivity index (χ2v) is 6.22. The van der Waals surface area contributed by atoms with Gasteiger partial charge in [-0.1, -0.05) is 29.8 Å². The van der Waals surface area contributed by atoms with E-state index >= 15 is 0 Å². The molecule has 0 spiro atoms. The van der Waals surface area contributed by atoms with Gasteiger partial charge >= 0.3 is 0 Å². The first-order valence-electron chi connectivity index (χ1n) is 8.10. The maximum atomic E-state index is 12.3. The van der Waals surface area contributed by atoms with Crippen molar-refractivity contribution < 1.29 is 4.79 Å². The Morgan fingerprint density at radius 3 is 2.72 bits per heavy atom. The fourth-order valence-corrected chi connectivity index (χ4v) is 2.74. The molecule has 0 fully saturated rings. The Balaban J connectivity index is 1.63. The predicted molar refractivity (Wildman–Crippen MR) is 98.4 cm³/mol. The van der Waals surface area contributed by atoms with Crippen molar-refractivity contribution in [3.8, 4) is 11.3 Å². The van der Waals surface area contributed by atoms with Crippen LogP contribution in [0.15, 0.2) is 48.7 Å². The van der Waals surface area contributed by atoms with Crippen molar-refractivity contribution in [3.05, 3.63) is 70.6 Å². The van der Waals surface area contributed by atoms with Gasteiger partial charge in [-0.2, -0.15) is 5.10 Å². The molecule has 0 atom stereocenters. The Morgan fingerprint density at radius 1 is 1.20 bits per heavy atom. The molecule has 2 N–H and O–H groups in total. The van der Waals surface area contributed by atoms with Gasteiger partial charge in [0.15, 0.2) is 0 Å². The van der Waals surface area contributed by atoms with Crippen LogP contribution in [-0.2, 0) is 17.6 Å². The summed E-state index contributed by atoms with van der Waals surface area (Å²) in [4.78, 5) is 16.5. The number of nitrogens with zero attached hydrogens (tertiary/aromatic N) is 2. The van der Waals surface area contributed by atoms with E-state index in [4.69, 9.17) is 11.6 Å². The van der Waals surface area contributed by atoms with E-state index in [-0.39, 0.29) is 12.3 Å². The summed E-state index contributed by atoms with van der Waals surface area (Å²) in [5.41, 5.74) is 4.48. The summed E-state index contributed by atoms with van der Waals surface area (Å²) in [6, 6.07) is 13.2. The molecule has 0 radical (unpaired) electrons. The first-order chi connectivity index (χ1) is 12.1. The van der Waals surface area contributed by atoms with Gasteiger partial charge in [0.1, 0.15) is 0 Å². The van der Waals surface area contributed by atoms with Gasteiger partial charge in [0.25, 0.3) is 0 Å². The molecule has 0 saturated heterocycles. The molecule has 128 valence electrons. The lowest BCUT2D eigenvalue weighted by Crippen LogP contribution is -2.27. The van der Waals surface area contributed by atoms with E-state index in [0.29, 0.717) is 18.0 Å². The van der Waals surface area contributed by atoms with Crippen LogP contribution in [0.5, 0.6) is 0 Å². The minimum atomic E-state index is -0.0318. The number of carbonyl (C=O) groups excluding carboxylic acids is 1. The molecule has 5 nitrogen and oxygen atoms in total. The molecule has 2 aromatic heterocycles. The lowest BCUT2D eigenvalue weighted by Gasteiger charge is -2.07. The van der Waals surface area contributed by atoms with Crippen LogP contribution >= 0.6 is 11.6 Å². The summed E-state index contributed by atoms with van der Waals surface area (Å²) in [6.45, 7) is 2.48. The van der Waals surface area contributed by atoms with Crippen LogP contribution in [0.2, 0.25) is 5.02 Å². The summed E-state index contributed by atoms with van der Waals surface area (Å²) >= 11 is 5.94.